The van der Waals surface area contributed by atoms with E-state index in [4.69, 9.17) is 5.11 Å². The third-order valence-electron chi connectivity index (χ3n) is 3.57. The Hall–Kier alpha value is -1.61. The molecule has 1 aliphatic rings. The first-order valence-electron chi connectivity index (χ1n) is 6.52. The van der Waals surface area contributed by atoms with Crippen LogP contribution in [0.5, 0.6) is 0 Å². The largest absolute Gasteiger partial charge is 0.478 e. The van der Waals surface area contributed by atoms with E-state index in [2.05, 4.69) is 0 Å². The zero-order chi connectivity index (χ0) is 16.5. The summed E-state index contributed by atoms with van der Waals surface area (Å²) < 4.78 is 63.9. The van der Waals surface area contributed by atoms with E-state index < -0.39 is 34.6 Å². The number of sulfonamides is 1. The lowest BCUT2D eigenvalue weighted by Gasteiger charge is -2.32. The minimum absolute atomic E-state index is 0.00773. The normalized spacial score (nSPS) is 20.8. The van der Waals surface area contributed by atoms with Gasteiger partial charge in [-0.05, 0) is 31.0 Å². The number of nitrogens with zero attached hydrogens (tertiary/aromatic N) is 1. The fraction of sp³-hybridized carbons (Fsp3) is 0.462. The Bertz CT molecular complexity index is 672. The molecule has 2 rings (SSSR count). The number of hydrogen-bond acceptors (Lipinski definition) is 3. The van der Waals surface area contributed by atoms with E-state index in [-0.39, 0.29) is 29.8 Å². The molecule has 1 N–H and O–H groups in total. The molecule has 0 unspecified atom stereocenters. The molecule has 0 aliphatic carbocycles. The third kappa shape index (κ3) is 3.41. The summed E-state index contributed by atoms with van der Waals surface area (Å²) in [7, 11) is -4.14. The number of halogens is 3. The fourth-order valence-corrected chi connectivity index (χ4v) is 3.94. The summed E-state index contributed by atoms with van der Waals surface area (Å²) in [5.74, 6) is -3.00. The topological polar surface area (TPSA) is 74.7 Å². The molecule has 0 spiro atoms. The molecule has 1 aromatic rings. The monoisotopic (exact) mass is 337 g/mol. The zero-order valence-corrected chi connectivity index (χ0v) is 12.2. The summed E-state index contributed by atoms with van der Waals surface area (Å²) in [4.78, 5) is 10.6. The molecule has 1 aromatic carbocycles. The smallest absolute Gasteiger partial charge is 0.393 e. The molecule has 0 aromatic heterocycles. The Morgan fingerprint density at radius 1 is 1.32 bits per heavy atom. The molecule has 122 valence electrons. The van der Waals surface area contributed by atoms with Crippen LogP contribution in [0.15, 0.2) is 29.2 Å². The first kappa shape index (κ1) is 16.8. The van der Waals surface area contributed by atoms with Crippen LogP contribution in [-0.2, 0) is 10.0 Å². The van der Waals surface area contributed by atoms with Crippen molar-refractivity contribution < 1.29 is 31.5 Å². The van der Waals surface area contributed by atoms with Crippen molar-refractivity contribution in [3.8, 4) is 0 Å². The summed E-state index contributed by atoms with van der Waals surface area (Å²) in [6, 6.07) is 4.60. The van der Waals surface area contributed by atoms with E-state index in [1.807, 2.05) is 0 Å². The number of carboxylic acid groups (broad SMARTS) is 1. The first-order chi connectivity index (χ1) is 10.1. The van der Waals surface area contributed by atoms with Gasteiger partial charge in [-0.1, -0.05) is 6.07 Å². The average molecular weight is 337 g/mol. The fourth-order valence-electron chi connectivity index (χ4n) is 2.37. The maximum Gasteiger partial charge on any atom is 0.393 e. The molecule has 1 aliphatic heterocycles. The van der Waals surface area contributed by atoms with Crippen LogP contribution in [0.3, 0.4) is 0 Å². The Labute approximate surface area is 125 Å². The number of carbonyl (C=O) groups is 1. The highest BCUT2D eigenvalue weighted by Crippen LogP contribution is 2.35. The van der Waals surface area contributed by atoms with Gasteiger partial charge in [0.2, 0.25) is 10.0 Å². The lowest BCUT2D eigenvalue weighted by molar-refractivity contribution is -0.182. The van der Waals surface area contributed by atoms with Gasteiger partial charge in [0.05, 0.1) is 16.4 Å². The van der Waals surface area contributed by atoms with Gasteiger partial charge in [-0.3, -0.25) is 0 Å². The van der Waals surface area contributed by atoms with Gasteiger partial charge in [0.25, 0.3) is 0 Å². The Morgan fingerprint density at radius 2 is 2.00 bits per heavy atom. The number of aromatic carboxylic acids is 1. The lowest BCUT2D eigenvalue weighted by Crippen LogP contribution is -2.44. The zero-order valence-electron chi connectivity index (χ0n) is 11.4. The first-order valence-corrected chi connectivity index (χ1v) is 7.96. The Morgan fingerprint density at radius 3 is 2.59 bits per heavy atom. The molecule has 0 saturated carbocycles. The summed E-state index contributed by atoms with van der Waals surface area (Å²) in [6.45, 7) is -0.644. The Balaban J connectivity index is 2.30. The van der Waals surface area contributed by atoms with Gasteiger partial charge in [-0.25, -0.2) is 13.2 Å². The number of alkyl halides is 3. The highest BCUT2D eigenvalue weighted by molar-refractivity contribution is 7.89. The van der Waals surface area contributed by atoms with E-state index in [1.165, 1.54) is 18.2 Å². The van der Waals surface area contributed by atoms with Crippen molar-refractivity contribution in [2.45, 2.75) is 23.9 Å². The van der Waals surface area contributed by atoms with E-state index in [0.717, 1.165) is 10.4 Å². The second-order valence-electron chi connectivity index (χ2n) is 5.08. The molecule has 0 radical (unpaired) electrons. The van der Waals surface area contributed by atoms with Gasteiger partial charge in [-0.15, -0.1) is 0 Å². The average Bonchev–Trinajstić information content (AvgIpc) is 2.46. The van der Waals surface area contributed by atoms with Crippen molar-refractivity contribution in [3.63, 3.8) is 0 Å². The van der Waals surface area contributed by atoms with Crippen molar-refractivity contribution in [1.29, 1.82) is 0 Å². The summed E-state index contributed by atoms with van der Waals surface area (Å²) in [6.07, 6.45) is -4.44. The summed E-state index contributed by atoms with van der Waals surface area (Å²) in [5, 5.41) is 8.88. The van der Waals surface area contributed by atoms with Gasteiger partial charge in [0, 0.05) is 13.1 Å². The van der Waals surface area contributed by atoms with Gasteiger partial charge >= 0.3 is 12.1 Å². The minimum atomic E-state index is -4.45. The number of piperidine rings is 1. The van der Waals surface area contributed by atoms with Crippen LogP contribution in [0.25, 0.3) is 0 Å². The third-order valence-corrected chi connectivity index (χ3v) is 5.43. The Kier molecular flexibility index (Phi) is 4.48. The predicted octanol–water partition coefficient (Wildman–Crippen LogP) is 2.35. The van der Waals surface area contributed by atoms with Gasteiger partial charge in [-0.2, -0.15) is 17.5 Å². The maximum absolute atomic E-state index is 12.8. The standard InChI is InChI=1S/C13H14F3NO4S/c14-13(15,16)10-4-2-6-17(8-10)22(20,21)11-5-1-3-9(7-11)12(18)19/h1,3,5,7,10H,2,4,6,8H2,(H,18,19)/t10-/m1/s1. The predicted molar refractivity (Wildman–Crippen MR) is 70.9 cm³/mol. The SMILES string of the molecule is O=C(O)c1cccc(S(=O)(=O)N2CCC[C@@H](C(F)(F)F)C2)c1. The minimum Gasteiger partial charge on any atom is -0.478 e. The molecular formula is C13H14F3NO4S. The maximum atomic E-state index is 12.8. The van der Waals surface area contributed by atoms with E-state index in [1.54, 1.807) is 0 Å². The molecular weight excluding hydrogens is 323 g/mol. The summed E-state index contributed by atoms with van der Waals surface area (Å²) in [5.41, 5.74) is -0.231. The van der Waals surface area contributed by atoms with Gasteiger partial charge < -0.3 is 5.11 Å². The molecule has 5 nitrogen and oxygen atoms in total. The molecule has 1 saturated heterocycles. The molecule has 1 atom stereocenters. The number of carboxylic acids is 1. The van der Waals surface area contributed by atoms with Crippen LogP contribution < -0.4 is 0 Å². The van der Waals surface area contributed by atoms with Crippen molar-refractivity contribution >= 4 is 16.0 Å². The second-order valence-corrected chi connectivity index (χ2v) is 7.01. The molecule has 1 fully saturated rings. The van der Waals surface area contributed by atoms with Crippen LogP contribution in [0, 0.1) is 5.92 Å². The number of benzene rings is 1. The van der Waals surface area contributed by atoms with Gasteiger partial charge in [0.15, 0.2) is 0 Å². The summed E-state index contributed by atoms with van der Waals surface area (Å²) >= 11 is 0. The van der Waals surface area contributed by atoms with Crippen molar-refractivity contribution in [3.05, 3.63) is 29.8 Å². The van der Waals surface area contributed by atoms with E-state index in [9.17, 15) is 26.4 Å². The second kappa shape index (κ2) is 5.88. The van der Waals surface area contributed by atoms with Crippen LogP contribution in [0.2, 0.25) is 0 Å². The molecule has 1 heterocycles. The van der Waals surface area contributed by atoms with Crippen LogP contribution in [0.4, 0.5) is 13.2 Å². The van der Waals surface area contributed by atoms with Crippen molar-refractivity contribution in [1.82, 2.24) is 4.31 Å². The van der Waals surface area contributed by atoms with Crippen LogP contribution in [0.1, 0.15) is 23.2 Å². The number of hydrogen-bond donors (Lipinski definition) is 1. The van der Waals surface area contributed by atoms with E-state index in [0.29, 0.717) is 0 Å². The highest BCUT2D eigenvalue weighted by atomic mass is 32.2. The van der Waals surface area contributed by atoms with Gasteiger partial charge in [0.1, 0.15) is 0 Å². The van der Waals surface area contributed by atoms with Crippen molar-refractivity contribution in [2.24, 2.45) is 5.92 Å². The number of rotatable bonds is 3. The van der Waals surface area contributed by atoms with Crippen LogP contribution in [-0.4, -0.2) is 43.1 Å². The molecule has 9 heteroatoms. The van der Waals surface area contributed by atoms with E-state index >= 15 is 0 Å². The molecule has 0 amide bonds. The van der Waals surface area contributed by atoms with Crippen molar-refractivity contribution in [2.75, 3.05) is 13.1 Å². The quantitative estimate of drug-likeness (QED) is 0.919. The highest BCUT2D eigenvalue weighted by Gasteiger charge is 2.44. The lowest BCUT2D eigenvalue weighted by atomic mass is 9.99. The van der Waals surface area contributed by atoms with Crippen LogP contribution >= 0.6 is 0 Å². The molecule has 0 bridgehead atoms. The molecule has 22 heavy (non-hydrogen) atoms.